The van der Waals surface area contributed by atoms with E-state index in [0.717, 1.165) is 69.7 Å². The topological polar surface area (TPSA) is 82.9 Å². The number of methoxy groups -OCH3 is 1. The molecule has 3 heterocycles. The van der Waals surface area contributed by atoms with E-state index in [1.165, 1.54) is 0 Å². The van der Waals surface area contributed by atoms with Crippen LogP contribution in [0, 0.1) is 11.8 Å². The number of rotatable bonds is 12. The fraction of sp³-hybridized carbons (Fsp3) is 0.481. The average Bonchev–Trinajstić information content (AvgIpc) is 3.30. The summed E-state index contributed by atoms with van der Waals surface area (Å²) >= 11 is 9.67. The lowest BCUT2D eigenvalue weighted by atomic mass is 9.79. The van der Waals surface area contributed by atoms with Gasteiger partial charge in [-0.1, -0.05) is 11.6 Å². The van der Waals surface area contributed by atoms with Gasteiger partial charge in [-0.2, -0.15) is 0 Å². The van der Waals surface area contributed by atoms with Crippen molar-refractivity contribution in [3.05, 3.63) is 52.5 Å². The maximum absolute atomic E-state index is 11.3. The number of fused-ring (bicyclic) bond motifs is 1. The van der Waals surface area contributed by atoms with Crippen LogP contribution in [0.5, 0.6) is 5.75 Å². The van der Waals surface area contributed by atoms with Crippen molar-refractivity contribution < 1.29 is 19.7 Å². The highest BCUT2D eigenvalue weighted by atomic mass is 35.5. The van der Waals surface area contributed by atoms with Crippen molar-refractivity contribution in [2.75, 3.05) is 32.5 Å². The minimum absolute atomic E-state index is 0.186. The lowest BCUT2D eigenvalue weighted by molar-refractivity contribution is -0.137. The van der Waals surface area contributed by atoms with Crippen molar-refractivity contribution in [3.8, 4) is 5.75 Å². The molecule has 194 valence electrons. The molecular formula is C27H33ClN2O4S2. The third kappa shape index (κ3) is 7.13. The number of aliphatic hydroxyl groups is 1. The maximum atomic E-state index is 11.3. The number of likely N-dealkylation sites (tertiary alicyclic amines) is 1. The molecule has 6 nitrogen and oxygen atoms in total. The summed E-state index contributed by atoms with van der Waals surface area (Å²) in [5.41, 5.74) is 1.70. The molecule has 2 N–H and O–H groups in total. The Balaban J connectivity index is 1.36. The van der Waals surface area contributed by atoms with Crippen molar-refractivity contribution in [1.82, 2.24) is 9.88 Å². The zero-order valence-corrected chi connectivity index (χ0v) is 22.8. The molecular weight excluding hydrogens is 516 g/mol. The van der Waals surface area contributed by atoms with Crippen LogP contribution in [0.15, 0.2) is 46.1 Å². The van der Waals surface area contributed by atoms with Crippen molar-refractivity contribution in [3.63, 3.8) is 0 Å². The molecule has 0 bridgehead atoms. The van der Waals surface area contributed by atoms with Crippen LogP contribution in [0.3, 0.4) is 0 Å². The molecule has 1 aromatic carbocycles. The van der Waals surface area contributed by atoms with Gasteiger partial charge < -0.3 is 19.8 Å². The SMILES string of the molecule is COc1ccc2nccc([C@@H](O)CCC3CCN(CCSc4sccc4Cl)CC3CCC(=O)O)c2c1. The van der Waals surface area contributed by atoms with Crippen LogP contribution in [0.1, 0.15) is 43.8 Å². The minimum Gasteiger partial charge on any atom is -0.497 e. The molecule has 2 unspecified atom stereocenters. The van der Waals surface area contributed by atoms with Gasteiger partial charge >= 0.3 is 5.97 Å². The molecule has 1 aliphatic heterocycles. The number of thioether (sulfide) groups is 1. The van der Waals surface area contributed by atoms with E-state index in [-0.39, 0.29) is 6.42 Å². The number of aliphatic hydroxyl groups excluding tert-OH is 1. The lowest BCUT2D eigenvalue weighted by Gasteiger charge is -2.39. The summed E-state index contributed by atoms with van der Waals surface area (Å²) in [6.07, 6.45) is 4.52. The number of nitrogens with zero attached hydrogens (tertiary/aromatic N) is 2. The van der Waals surface area contributed by atoms with E-state index in [4.69, 9.17) is 16.3 Å². The number of hydrogen-bond donors (Lipinski definition) is 2. The van der Waals surface area contributed by atoms with Crippen molar-refractivity contribution in [2.24, 2.45) is 11.8 Å². The van der Waals surface area contributed by atoms with Crippen LogP contribution in [0.2, 0.25) is 5.02 Å². The Bertz CT molecular complexity index is 1160. The largest absolute Gasteiger partial charge is 0.497 e. The van der Waals surface area contributed by atoms with Crippen LogP contribution < -0.4 is 4.74 Å². The number of carbonyl (C=O) groups is 1. The molecule has 3 aromatic rings. The fourth-order valence-electron chi connectivity index (χ4n) is 5.12. The van der Waals surface area contributed by atoms with Crippen LogP contribution in [0.25, 0.3) is 10.9 Å². The Labute approximate surface area is 225 Å². The van der Waals surface area contributed by atoms with Crippen LogP contribution >= 0.6 is 34.7 Å². The standard InChI is InChI=1S/C27H33ClN2O4S2/c1-34-20-4-5-24-22(16-20)21(8-11-29-24)25(31)6-2-18-9-12-30(17-19(18)3-7-26(32)33)13-15-36-27-23(28)10-14-35-27/h4-5,8,10-11,14,16,18-19,25,31H,2-3,6-7,9,12-13,15,17H2,1H3,(H,32,33)/t18?,19?,25-/m0/s1. The first-order valence-corrected chi connectivity index (χ1v) is 14.6. The van der Waals surface area contributed by atoms with E-state index in [2.05, 4.69) is 9.88 Å². The number of aliphatic carboxylic acids is 1. The number of piperidine rings is 1. The molecule has 1 fully saturated rings. The van der Waals surface area contributed by atoms with E-state index >= 15 is 0 Å². The van der Waals surface area contributed by atoms with Gasteiger partial charge in [0.1, 0.15) is 5.75 Å². The number of pyridine rings is 1. The maximum Gasteiger partial charge on any atom is 0.303 e. The van der Waals surface area contributed by atoms with E-state index in [0.29, 0.717) is 24.7 Å². The second-order valence-corrected chi connectivity index (χ2v) is 12.0. The van der Waals surface area contributed by atoms with Crippen molar-refractivity contribution in [2.45, 2.75) is 42.4 Å². The highest BCUT2D eigenvalue weighted by Gasteiger charge is 2.30. The number of halogens is 1. The Morgan fingerprint density at radius 1 is 1.31 bits per heavy atom. The Hall–Kier alpha value is -1.84. The number of thiophene rings is 1. The van der Waals surface area contributed by atoms with E-state index < -0.39 is 12.1 Å². The van der Waals surface area contributed by atoms with Gasteiger partial charge in [0.05, 0.1) is 28.0 Å². The van der Waals surface area contributed by atoms with Gasteiger partial charge in [-0.3, -0.25) is 9.78 Å². The van der Waals surface area contributed by atoms with Crippen LogP contribution in [-0.4, -0.2) is 58.6 Å². The molecule has 1 aliphatic rings. The molecule has 36 heavy (non-hydrogen) atoms. The zero-order valence-electron chi connectivity index (χ0n) is 20.4. The average molecular weight is 549 g/mol. The first kappa shape index (κ1) is 27.2. The Morgan fingerprint density at radius 2 is 2.17 bits per heavy atom. The number of ether oxygens (including phenoxy) is 1. The van der Waals surface area contributed by atoms with E-state index in [1.54, 1.807) is 36.4 Å². The third-order valence-electron chi connectivity index (χ3n) is 7.08. The summed E-state index contributed by atoms with van der Waals surface area (Å²) in [6, 6.07) is 9.53. The summed E-state index contributed by atoms with van der Waals surface area (Å²) in [5.74, 6) is 1.67. The highest BCUT2D eigenvalue weighted by molar-refractivity contribution is 8.01. The van der Waals surface area contributed by atoms with Crippen molar-refractivity contribution >= 4 is 51.6 Å². The lowest BCUT2D eigenvalue weighted by Crippen LogP contribution is -2.41. The number of hydrogen-bond acceptors (Lipinski definition) is 7. The molecule has 4 rings (SSSR count). The Morgan fingerprint density at radius 3 is 2.92 bits per heavy atom. The van der Waals surface area contributed by atoms with Gasteiger partial charge in [0.15, 0.2) is 0 Å². The van der Waals surface area contributed by atoms with Crippen LogP contribution in [0.4, 0.5) is 0 Å². The molecule has 0 saturated carbocycles. The molecule has 0 aliphatic carbocycles. The summed E-state index contributed by atoms with van der Waals surface area (Å²) < 4.78 is 6.52. The number of aromatic nitrogens is 1. The summed E-state index contributed by atoms with van der Waals surface area (Å²) in [4.78, 5) is 18.2. The fourth-order valence-corrected chi connectivity index (χ4v) is 7.49. The Kier molecular flexibility index (Phi) is 9.90. The number of carboxylic acids is 1. The monoisotopic (exact) mass is 548 g/mol. The first-order valence-electron chi connectivity index (χ1n) is 12.3. The minimum atomic E-state index is -0.744. The van der Waals surface area contributed by atoms with Gasteiger partial charge in [-0.05, 0) is 85.3 Å². The predicted octanol–water partition coefficient (Wildman–Crippen LogP) is 6.37. The molecule has 9 heteroatoms. The highest BCUT2D eigenvalue weighted by Crippen LogP contribution is 2.36. The van der Waals surface area contributed by atoms with Gasteiger partial charge in [0.2, 0.25) is 0 Å². The van der Waals surface area contributed by atoms with E-state index in [9.17, 15) is 15.0 Å². The van der Waals surface area contributed by atoms with E-state index in [1.807, 2.05) is 35.7 Å². The second kappa shape index (κ2) is 13.1. The summed E-state index contributed by atoms with van der Waals surface area (Å²) in [6.45, 7) is 2.86. The molecule has 0 amide bonds. The summed E-state index contributed by atoms with van der Waals surface area (Å²) in [7, 11) is 1.63. The smallest absolute Gasteiger partial charge is 0.303 e. The second-order valence-electron chi connectivity index (χ2n) is 9.32. The molecule has 0 radical (unpaired) electrons. The summed E-state index contributed by atoms with van der Waals surface area (Å²) in [5, 5.41) is 24.1. The van der Waals surface area contributed by atoms with Crippen molar-refractivity contribution in [1.29, 1.82) is 0 Å². The van der Waals surface area contributed by atoms with Gasteiger partial charge in [0, 0.05) is 36.8 Å². The van der Waals surface area contributed by atoms with Gasteiger partial charge in [-0.15, -0.1) is 23.1 Å². The molecule has 0 spiro atoms. The van der Waals surface area contributed by atoms with Gasteiger partial charge in [0.25, 0.3) is 0 Å². The molecule has 3 atom stereocenters. The van der Waals surface area contributed by atoms with Gasteiger partial charge in [-0.25, -0.2) is 0 Å². The zero-order chi connectivity index (χ0) is 25.5. The third-order valence-corrected chi connectivity index (χ3v) is 9.84. The quantitative estimate of drug-likeness (QED) is 0.254. The first-order chi connectivity index (χ1) is 17.4. The number of benzene rings is 1. The normalized spacial score (nSPS) is 19.4. The van der Waals surface area contributed by atoms with Crippen LogP contribution in [-0.2, 0) is 4.79 Å². The molecule has 2 aromatic heterocycles. The number of carboxylic acid groups (broad SMARTS) is 1. The molecule has 1 saturated heterocycles. The predicted molar refractivity (Wildman–Crippen MR) is 147 cm³/mol.